The number of hydrogen-bond acceptors (Lipinski definition) is 2. The van der Waals surface area contributed by atoms with Crippen molar-refractivity contribution in [1.29, 1.82) is 0 Å². The summed E-state index contributed by atoms with van der Waals surface area (Å²) in [6, 6.07) is 0. The molecule has 0 amide bonds. The molecule has 1 rings (SSSR count). The second kappa shape index (κ2) is 3.12. The Balaban J connectivity index is 3.02. The predicted molar refractivity (Wildman–Crippen MR) is 46.3 cm³/mol. The second-order valence-electron chi connectivity index (χ2n) is 3.13. The molecule has 12 heavy (non-hydrogen) atoms. The number of aliphatic hydroxyl groups excluding tert-OH is 1. The lowest BCUT2D eigenvalue weighted by atomic mass is 9.98. The highest BCUT2D eigenvalue weighted by Gasteiger charge is 2.30. The summed E-state index contributed by atoms with van der Waals surface area (Å²) in [4.78, 5) is 11.3. The SMILES string of the molecule is C#CC(C)C1=C(C)C(O)CC1=O. The van der Waals surface area contributed by atoms with Gasteiger partial charge in [-0.05, 0) is 19.4 Å². The Bertz CT molecular complexity index is 281. The van der Waals surface area contributed by atoms with Crippen LogP contribution >= 0.6 is 0 Å². The first-order valence-corrected chi connectivity index (χ1v) is 3.96. The van der Waals surface area contributed by atoms with Crippen molar-refractivity contribution in [2.45, 2.75) is 26.4 Å². The molecule has 2 unspecified atom stereocenters. The van der Waals surface area contributed by atoms with Crippen LogP contribution in [0.3, 0.4) is 0 Å². The summed E-state index contributed by atoms with van der Waals surface area (Å²) in [5.41, 5.74) is 1.37. The van der Waals surface area contributed by atoms with Crippen molar-refractivity contribution in [3.63, 3.8) is 0 Å². The fourth-order valence-electron chi connectivity index (χ4n) is 1.50. The van der Waals surface area contributed by atoms with E-state index in [0.717, 1.165) is 5.57 Å². The van der Waals surface area contributed by atoms with E-state index in [4.69, 9.17) is 6.42 Å². The van der Waals surface area contributed by atoms with Crippen LogP contribution in [-0.2, 0) is 4.79 Å². The van der Waals surface area contributed by atoms with Gasteiger partial charge in [-0.25, -0.2) is 0 Å². The van der Waals surface area contributed by atoms with E-state index in [1.165, 1.54) is 0 Å². The number of aliphatic hydroxyl groups is 1. The quantitative estimate of drug-likeness (QED) is 0.585. The van der Waals surface area contributed by atoms with E-state index in [-0.39, 0.29) is 18.1 Å². The van der Waals surface area contributed by atoms with Crippen LogP contribution in [0.5, 0.6) is 0 Å². The normalized spacial score (nSPS) is 25.8. The summed E-state index contributed by atoms with van der Waals surface area (Å²) in [5, 5.41) is 9.34. The van der Waals surface area contributed by atoms with Gasteiger partial charge in [0.25, 0.3) is 0 Å². The molecular weight excluding hydrogens is 152 g/mol. The first-order valence-electron chi connectivity index (χ1n) is 3.96. The van der Waals surface area contributed by atoms with Crippen molar-refractivity contribution in [3.8, 4) is 12.3 Å². The molecule has 1 aliphatic rings. The number of ketones is 1. The molecule has 1 aliphatic carbocycles. The number of allylic oxidation sites excluding steroid dienone is 1. The number of Topliss-reactive ketones (excluding diaryl/α,β-unsaturated/α-hetero) is 1. The topological polar surface area (TPSA) is 37.3 Å². The minimum absolute atomic E-state index is 0.00884. The van der Waals surface area contributed by atoms with Crippen molar-refractivity contribution in [1.82, 2.24) is 0 Å². The zero-order chi connectivity index (χ0) is 9.30. The van der Waals surface area contributed by atoms with Gasteiger partial charge in [0, 0.05) is 17.9 Å². The van der Waals surface area contributed by atoms with Gasteiger partial charge in [0.05, 0.1) is 6.10 Å². The first kappa shape index (κ1) is 9.02. The molecule has 0 aromatic heterocycles. The largest absolute Gasteiger partial charge is 0.388 e. The van der Waals surface area contributed by atoms with Gasteiger partial charge in [-0.15, -0.1) is 6.42 Å². The van der Waals surface area contributed by atoms with Crippen LogP contribution in [0.1, 0.15) is 20.3 Å². The van der Waals surface area contributed by atoms with Crippen molar-refractivity contribution in [3.05, 3.63) is 11.1 Å². The maximum absolute atomic E-state index is 11.3. The average Bonchev–Trinajstić information content (AvgIpc) is 2.26. The molecular formula is C10H12O2. The smallest absolute Gasteiger partial charge is 0.163 e. The molecule has 2 atom stereocenters. The van der Waals surface area contributed by atoms with Gasteiger partial charge in [-0.3, -0.25) is 4.79 Å². The molecule has 2 nitrogen and oxygen atoms in total. The van der Waals surface area contributed by atoms with Crippen molar-refractivity contribution >= 4 is 5.78 Å². The second-order valence-corrected chi connectivity index (χ2v) is 3.13. The van der Waals surface area contributed by atoms with E-state index in [1.807, 2.05) is 0 Å². The van der Waals surface area contributed by atoms with Crippen LogP contribution in [0.2, 0.25) is 0 Å². The third-order valence-corrected chi connectivity index (χ3v) is 2.29. The lowest BCUT2D eigenvalue weighted by molar-refractivity contribution is -0.116. The van der Waals surface area contributed by atoms with Gasteiger partial charge in [0.2, 0.25) is 0 Å². The molecule has 64 valence electrons. The van der Waals surface area contributed by atoms with E-state index in [0.29, 0.717) is 5.57 Å². The average molecular weight is 164 g/mol. The highest BCUT2D eigenvalue weighted by atomic mass is 16.3. The molecule has 0 saturated heterocycles. The minimum Gasteiger partial charge on any atom is -0.388 e. The van der Waals surface area contributed by atoms with Gasteiger partial charge in [-0.2, -0.15) is 0 Å². The van der Waals surface area contributed by atoms with E-state index in [9.17, 15) is 9.90 Å². The summed E-state index contributed by atoms with van der Waals surface area (Å²) in [5.74, 6) is 2.32. The molecule has 0 aliphatic heterocycles. The van der Waals surface area contributed by atoms with Crippen LogP contribution in [0.25, 0.3) is 0 Å². The van der Waals surface area contributed by atoms with Crippen molar-refractivity contribution in [2.75, 3.05) is 0 Å². The van der Waals surface area contributed by atoms with Crippen LogP contribution < -0.4 is 0 Å². The highest BCUT2D eigenvalue weighted by Crippen LogP contribution is 2.28. The highest BCUT2D eigenvalue weighted by molar-refractivity contribution is 6.00. The van der Waals surface area contributed by atoms with E-state index in [2.05, 4.69) is 5.92 Å². The van der Waals surface area contributed by atoms with Crippen molar-refractivity contribution in [2.24, 2.45) is 5.92 Å². The molecule has 1 N–H and O–H groups in total. The number of terminal acetylenes is 1. The van der Waals surface area contributed by atoms with Gasteiger partial charge >= 0.3 is 0 Å². The summed E-state index contributed by atoms with van der Waals surface area (Å²) in [7, 11) is 0. The van der Waals surface area contributed by atoms with Crippen LogP contribution in [0.15, 0.2) is 11.1 Å². The Morgan fingerprint density at radius 2 is 2.33 bits per heavy atom. The molecule has 0 fully saturated rings. The molecule has 0 spiro atoms. The molecule has 0 bridgehead atoms. The van der Waals surface area contributed by atoms with Gasteiger partial charge in [0.1, 0.15) is 0 Å². The van der Waals surface area contributed by atoms with Gasteiger partial charge in [0.15, 0.2) is 5.78 Å². The molecule has 0 aromatic carbocycles. The summed E-state index contributed by atoms with van der Waals surface area (Å²) in [6.07, 6.45) is 4.80. The van der Waals surface area contributed by atoms with Crippen LogP contribution in [-0.4, -0.2) is 17.0 Å². The first-order chi connectivity index (χ1) is 5.57. The number of rotatable bonds is 1. The summed E-state index contributed by atoms with van der Waals surface area (Å²) in [6.45, 7) is 3.56. The molecule has 0 aromatic rings. The standard InChI is InChI=1S/C10H12O2/c1-4-6(2)10-7(3)8(11)5-9(10)12/h1,6,8,11H,5H2,2-3H3. The van der Waals surface area contributed by atoms with Crippen molar-refractivity contribution < 1.29 is 9.90 Å². The Morgan fingerprint density at radius 3 is 2.67 bits per heavy atom. The Morgan fingerprint density at radius 1 is 1.75 bits per heavy atom. The summed E-state index contributed by atoms with van der Waals surface area (Å²) >= 11 is 0. The Kier molecular flexibility index (Phi) is 2.35. The van der Waals surface area contributed by atoms with Crippen LogP contribution in [0, 0.1) is 18.3 Å². The monoisotopic (exact) mass is 164 g/mol. The van der Waals surface area contributed by atoms with E-state index < -0.39 is 6.10 Å². The Hall–Kier alpha value is -1.07. The maximum Gasteiger partial charge on any atom is 0.163 e. The predicted octanol–water partition coefficient (Wildman–Crippen LogP) is 0.906. The number of hydrogen-bond donors (Lipinski definition) is 1. The minimum atomic E-state index is -0.608. The molecule has 0 radical (unpaired) electrons. The van der Waals surface area contributed by atoms with E-state index >= 15 is 0 Å². The zero-order valence-corrected chi connectivity index (χ0v) is 7.29. The molecule has 0 heterocycles. The van der Waals surface area contributed by atoms with E-state index in [1.54, 1.807) is 13.8 Å². The third-order valence-electron chi connectivity index (χ3n) is 2.29. The van der Waals surface area contributed by atoms with Gasteiger partial charge in [-0.1, -0.05) is 5.92 Å². The lowest BCUT2D eigenvalue weighted by Gasteiger charge is -2.05. The number of carbonyl (C=O) groups excluding carboxylic acids is 1. The number of carbonyl (C=O) groups is 1. The fraction of sp³-hybridized carbons (Fsp3) is 0.500. The lowest BCUT2D eigenvalue weighted by Crippen LogP contribution is -2.05. The van der Waals surface area contributed by atoms with Gasteiger partial charge < -0.3 is 5.11 Å². The Labute approximate surface area is 72.3 Å². The zero-order valence-electron chi connectivity index (χ0n) is 7.29. The summed E-state index contributed by atoms with van der Waals surface area (Å²) < 4.78 is 0. The van der Waals surface area contributed by atoms with Crippen LogP contribution in [0.4, 0.5) is 0 Å². The maximum atomic E-state index is 11.3. The fourth-order valence-corrected chi connectivity index (χ4v) is 1.50. The molecule has 0 saturated carbocycles. The third kappa shape index (κ3) is 1.28. The molecule has 2 heteroatoms.